The Morgan fingerprint density at radius 3 is 2.75 bits per heavy atom. The average Bonchev–Trinajstić information content (AvgIpc) is 2.65. The van der Waals surface area contributed by atoms with Gasteiger partial charge in [0, 0.05) is 19.6 Å². The summed E-state index contributed by atoms with van der Waals surface area (Å²) in [6.45, 7) is 7.27. The van der Waals surface area contributed by atoms with Crippen LogP contribution in [0.2, 0.25) is 0 Å². The Morgan fingerprint density at radius 2 is 2.10 bits per heavy atom. The third-order valence-corrected chi connectivity index (χ3v) is 4.45. The Bertz CT molecular complexity index is 431. The first-order valence-corrected chi connectivity index (χ1v) is 7.79. The molecule has 3 heteroatoms. The summed E-state index contributed by atoms with van der Waals surface area (Å²) in [6, 6.07) is 5.63. The van der Waals surface area contributed by atoms with Crippen LogP contribution < -0.4 is 10.2 Å². The first-order chi connectivity index (χ1) is 9.61. The SMILES string of the molecule is CNCc1ccc(N2CCCC(C(C)C)CC2)c(F)c1. The normalized spacial score (nSPS) is 20.2. The first-order valence-electron chi connectivity index (χ1n) is 7.79. The summed E-state index contributed by atoms with van der Waals surface area (Å²) in [5.41, 5.74) is 1.78. The molecule has 2 rings (SSSR count). The van der Waals surface area contributed by atoms with E-state index in [4.69, 9.17) is 0 Å². The second-order valence-corrected chi connectivity index (χ2v) is 6.24. The maximum atomic E-state index is 14.3. The van der Waals surface area contributed by atoms with E-state index in [1.807, 2.05) is 19.2 Å². The van der Waals surface area contributed by atoms with Gasteiger partial charge in [-0.1, -0.05) is 19.9 Å². The van der Waals surface area contributed by atoms with Crippen LogP contribution in [-0.2, 0) is 6.54 Å². The molecule has 1 heterocycles. The van der Waals surface area contributed by atoms with Gasteiger partial charge in [-0.05, 0) is 55.8 Å². The van der Waals surface area contributed by atoms with Gasteiger partial charge in [0.25, 0.3) is 0 Å². The lowest BCUT2D eigenvalue weighted by Crippen LogP contribution is -2.25. The molecule has 0 aromatic heterocycles. The van der Waals surface area contributed by atoms with E-state index in [9.17, 15) is 4.39 Å². The summed E-state index contributed by atoms with van der Waals surface area (Å²) in [5, 5.41) is 3.06. The molecule has 0 amide bonds. The van der Waals surface area contributed by atoms with E-state index in [0.29, 0.717) is 6.54 Å². The molecule has 0 saturated carbocycles. The molecule has 0 spiro atoms. The number of nitrogens with one attached hydrogen (secondary N) is 1. The Labute approximate surface area is 122 Å². The molecular weight excluding hydrogens is 251 g/mol. The maximum Gasteiger partial charge on any atom is 0.146 e. The number of halogens is 1. The van der Waals surface area contributed by atoms with Crippen molar-refractivity contribution in [1.82, 2.24) is 5.32 Å². The van der Waals surface area contributed by atoms with Gasteiger partial charge in [0.15, 0.2) is 0 Å². The minimum absolute atomic E-state index is 0.0826. The summed E-state index contributed by atoms with van der Waals surface area (Å²) in [4.78, 5) is 2.22. The van der Waals surface area contributed by atoms with E-state index >= 15 is 0 Å². The topological polar surface area (TPSA) is 15.3 Å². The van der Waals surface area contributed by atoms with Gasteiger partial charge in [0.1, 0.15) is 5.82 Å². The second-order valence-electron chi connectivity index (χ2n) is 6.24. The molecule has 112 valence electrons. The van der Waals surface area contributed by atoms with E-state index in [0.717, 1.165) is 36.2 Å². The lowest BCUT2D eigenvalue weighted by molar-refractivity contribution is 0.351. The third-order valence-electron chi connectivity index (χ3n) is 4.45. The molecule has 20 heavy (non-hydrogen) atoms. The van der Waals surface area contributed by atoms with E-state index in [1.54, 1.807) is 6.07 Å². The fourth-order valence-electron chi connectivity index (χ4n) is 3.15. The number of benzene rings is 1. The van der Waals surface area contributed by atoms with Crippen molar-refractivity contribution in [2.45, 2.75) is 39.7 Å². The van der Waals surface area contributed by atoms with Crippen molar-refractivity contribution in [3.8, 4) is 0 Å². The van der Waals surface area contributed by atoms with Crippen LogP contribution in [0, 0.1) is 17.7 Å². The number of rotatable bonds is 4. The summed E-state index contributed by atoms with van der Waals surface area (Å²) in [5.74, 6) is 1.44. The molecular formula is C17H27FN2. The molecule has 1 aliphatic heterocycles. The minimum atomic E-state index is -0.0826. The fraction of sp³-hybridized carbons (Fsp3) is 0.647. The predicted octanol–water partition coefficient (Wildman–Crippen LogP) is 3.81. The summed E-state index contributed by atoms with van der Waals surface area (Å²) in [7, 11) is 1.88. The molecule has 1 fully saturated rings. The van der Waals surface area contributed by atoms with Crippen LogP contribution >= 0.6 is 0 Å². The van der Waals surface area contributed by atoms with Gasteiger partial charge < -0.3 is 10.2 Å². The first kappa shape index (κ1) is 15.3. The highest BCUT2D eigenvalue weighted by Gasteiger charge is 2.21. The number of hydrogen-bond donors (Lipinski definition) is 1. The molecule has 2 nitrogen and oxygen atoms in total. The van der Waals surface area contributed by atoms with E-state index in [2.05, 4.69) is 24.1 Å². The molecule has 1 unspecified atom stereocenters. The number of anilines is 1. The van der Waals surface area contributed by atoms with E-state index < -0.39 is 0 Å². The predicted molar refractivity (Wildman–Crippen MR) is 83.6 cm³/mol. The zero-order chi connectivity index (χ0) is 14.5. The zero-order valence-electron chi connectivity index (χ0n) is 13.0. The maximum absolute atomic E-state index is 14.3. The second kappa shape index (κ2) is 7.07. The molecule has 1 aliphatic rings. The van der Waals surface area contributed by atoms with Gasteiger partial charge in [-0.15, -0.1) is 0 Å². The highest BCUT2D eigenvalue weighted by molar-refractivity contribution is 5.49. The molecule has 1 aromatic carbocycles. The largest absolute Gasteiger partial charge is 0.369 e. The number of nitrogens with zero attached hydrogens (tertiary/aromatic N) is 1. The molecule has 0 aliphatic carbocycles. The van der Waals surface area contributed by atoms with Crippen molar-refractivity contribution >= 4 is 5.69 Å². The van der Waals surface area contributed by atoms with Crippen LogP contribution in [0.4, 0.5) is 10.1 Å². The highest BCUT2D eigenvalue weighted by atomic mass is 19.1. The minimum Gasteiger partial charge on any atom is -0.369 e. The van der Waals surface area contributed by atoms with Crippen molar-refractivity contribution in [2.75, 3.05) is 25.0 Å². The van der Waals surface area contributed by atoms with Crippen LogP contribution in [0.25, 0.3) is 0 Å². The highest BCUT2D eigenvalue weighted by Crippen LogP contribution is 2.28. The van der Waals surface area contributed by atoms with Crippen molar-refractivity contribution in [3.05, 3.63) is 29.6 Å². The van der Waals surface area contributed by atoms with Gasteiger partial charge in [0.2, 0.25) is 0 Å². The fourth-order valence-corrected chi connectivity index (χ4v) is 3.15. The van der Waals surface area contributed by atoms with E-state index in [-0.39, 0.29) is 5.82 Å². The lowest BCUT2D eigenvalue weighted by atomic mass is 9.89. The monoisotopic (exact) mass is 278 g/mol. The van der Waals surface area contributed by atoms with E-state index in [1.165, 1.54) is 19.3 Å². The Morgan fingerprint density at radius 1 is 1.30 bits per heavy atom. The van der Waals surface area contributed by atoms with Gasteiger partial charge >= 0.3 is 0 Å². The van der Waals surface area contributed by atoms with Crippen molar-refractivity contribution in [1.29, 1.82) is 0 Å². The van der Waals surface area contributed by atoms with Crippen molar-refractivity contribution in [2.24, 2.45) is 11.8 Å². The van der Waals surface area contributed by atoms with Crippen LogP contribution in [-0.4, -0.2) is 20.1 Å². The van der Waals surface area contributed by atoms with Crippen LogP contribution in [0.15, 0.2) is 18.2 Å². The molecule has 1 aromatic rings. The molecule has 1 N–H and O–H groups in total. The van der Waals surface area contributed by atoms with Gasteiger partial charge in [-0.3, -0.25) is 0 Å². The van der Waals surface area contributed by atoms with Crippen molar-refractivity contribution < 1.29 is 4.39 Å². The quantitative estimate of drug-likeness (QED) is 0.901. The lowest BCUT2D eigenvalue weighted by Gasteiger charge is -2.24. The van der Waals surface area contributed by atoms with Crippen LogP contribution in [0.5, 0.6) is 0 Å². The third kappa shape index (κ3) is 3.72. The Hall–Kier alpha value is -1.09. The molecule has 0 radical (unpaired) electrons. The molecule has 0 bridgehead atoms. The molecule has 1 atom stereocenters. The van der Waals surface area contributed by atoms with Crippen LogP contribution in [0.1, 0.15) is 38.7 Å². The smallest absolute Gasteiger partial charge is 0.146 e. The Balaban J connectivity index is 2.07. The van der Waals surface area contributed by atoms with Gasteiger partial charge in [0.05, 0.1) is 5.69 Å². The van der Waals surface area contributed by atoms with Crippen molar-refractivity contribution in [3.63, 3.8) is 0 Å². The average molecular weight is 278 g/mol. The summed E-state index contributed by atoms with van der Waals surface area (Å²) in [6.07, 6.45) is 3.61. The van der Waals surface area contributed by atoms with Gasteiger partial charge in [-0.2, -0.15) is 0 Å². The van der Waals surface area contributed by atoms with Gasteiger partial charge in [-0.25, -0.2) is 4.39 Å². The Kier molecular flexibility index (Phi) is 5.41. The zero-order valence-corrected chi connectivity index (χ0v) is 13.0. The number of hydrogen-bond acceptors (Lipinski definition) is 2. The standard InChI is InChI=1S/C17H27FN2/c1-13(2)15-5-4-9-20(10-8-15)17-7-6-14(12-19-3)11-16(17)18/h6-7,11,13,15,19H,4-5,8-10,12H2,1-3H3. The summed E-state index contributed by atoms with van der Waals surface area (Å²) >= 11 is 0. The molecule has 1 saturated heterocycles. The van der Waals surface area contributed by atoms with Crippen LogP contribution in [0.3, 0.4) is 0 Å². The summed E-state index contributed by atoms with van der Waals surface area (Å²) < 4.78 is 14.3.